The van der Waals surface area contributed by atoms with Gasteiger partial charge in [-0.15, -0.1) is 0 Å². The first kappa shape index (κ1) is 17.7. The molecule has 1 aromatic carbocycles. The van der Waals surface area contributed by atoms with Crippen LogP contribution >= 0.6 is 0 Å². The summed E-state index contributed by atoms with van der Waals surface area (Å²) in [7, 11) is 0. The van der Waals surface area contributed by atoms with Gasteiger partial charge in [-0.2, -0.15) is 5.10 Å². The second-order valence-corrected chi connectivity index (χ2v) is 6.03. The van der Waals surface area contributed by atoms with Crippen LogP contribution in [0.3, 0.4) is 0 Å². The molecule has 128 valence electrons. The van der Waals surface area contributed by atoms with E-state index in [1.54, 1.807) is 6.07 Å². The van der Waals surface area contributed by atoms with E-state index >= 15 is 0 Å². The maximum Gasteiger partial charge on any atom is 0.272 e. The van der Waals surface area contributed by atoms with Crippen LogP contribution in [-0.2, 0) is 11.2 Å². The molecule has 0 unspecified atom stereocenters. The molecular formula is C18H24N4O2. The summed E-state index contributed by atoms with van der Waals surface area (Å²) in [5.74, 6) is -0.621. The average molecular weight is 328 g/mol. The molecule has 0 aliphatic heterocycles. The Morgan fingerprint density at radius 2 is 1.79 bits per heavy atom. The van der Waals surface area contributed by atoms with E-state index in [1.807, 2.05) is 32.9 Å². The molecule has 24 heavy (non-hydrogen) atoms. The first-order chi connectivity index (χ1) is 11.4. The summed E-state index contributed by atoms with van der Waals surface area (Å²) >= 11 is 0. The Hall–Kier alpha value is -2.63. The molecule has 0 saturated carbocycles. The Labute approximate surface area is 142 Å². The second-order valence-electron chi connectivity index (χ2n) is 6.03. The molecule has 1 heterocycles. The predicted molar refractivity (Wildman–Crippen MR) is 94.2 cm³/mol. The normalized spacial score (nSPS) is 10.5. The van der Waals surface area contributed by atoms with Crippen molar-refractivity contribution in [2.45, 2.75) is 40.5 Å². The van der Waals surface area contributed by atoms with Gasteiger partial charge in [0.05, 0.1) is 6.54 Å². The molecule has 0 aliphatic rings. The van der Waals surface area contributed by atoms with Gasteiger partial charge in [-0.3, -0.25) is 14.7 Å². The SMILES string of the molecule is CCCc1cc(C(=O)NCC(=O)Nc2c(C)cc(C)cc2C)n[nH]1. The van der Waals surface area contributed by atoms with Crippen molar-refractivity contribution in [1.29, 1.82) is 0 Å². The number of aromatic amines is 1. The number of nitrogens with zero attached hydrogens (tertiary/aromatic N) is 1. The zero-order chi connectivity index (χ0) is 17.7. The number of anilines is 1. The lowest BCUT2D eigenvalue weighted by molar-refractivity contribution is -0.115. The fourth-order valence-corrected chi connectivity index (χ4v) is 2.69. The lowest BCUT2D eigenvalue weighted by atomic mass is 10.1. The monoisotopic (exact) mass is 328 g/mol. The highest BCUT2D eigenvalue weighted by molar-refractivity contribution is 5.99. The number of benzene rings is 1. The highest BCUT2D eigenvalue weighted by atomic mass is 16.2. The summed E-state index contributed by atoms with van der Waals surface area (Å²) in [4.78, 5) is 24.1. The maximum absolute atomic E-state index is 12.1. The fraction of sp³-hybridized carbons (Fsp3) is 0.389. The van der Waals surface area contributed by atoms with Crippen LogP contribution in [0.25, 0.3) is 0 Å². The van der Waals surface area contributed by atoms with Gasteiger partial charge in [0.1, 0.15) is 5.69 Å². The number of carbonyl (C=O) groups is 2. The van der Waals surface area contributed by atoms with E-state index in [1.165, 1.54) is 0 Å². The molecular weight excluding hydrogens is 304 g/mol. The van der Waals surface area contributed by atoms with Crippen molar-refractivity contribution in [1.82, 2.24) is 15.5 Å². The number of rotatable bonds is 6. The van der Waals surface area contributed by atoms with Crippen LogP contribution in [0.5, 0.6) is 0 Å². The molecule has 2 amide bonds. The number of hydrogen-bond donors (Lipinski definition) is 3. The van der Waals surface area contributed by atoms with E-state index in [0.717, 1.165) is 40.9 Å². The van der Waals surface area contributed by atoms with Crippen molar-refractivity contribution in [2.75, 3.05) is 11.9 Å². The summed E-state index contributed by atoms with van der Waals surface area (Å²) in [6.45, 7) is 7.88. The largest absolute Gasteiger partial charge is 0.342 e. The van der Waals surface area contributed by atoms with E-state index < -0.39 is 0 Å². The smallest absolute Gasteiger partial charge is 0.272 e. The van der Waals surface area contributed by atoms with Gasteiger partial charge < -0.3 is 10.6 Å². The van der Waals surface area contributed by atoms with Gasteiger partial charge in [0.2, 0.25) is 5.91 Å². The zero-order valence-electron chi connectivity index (χ0n) is 14.6. The zero-order valence-corrected chi connectivity index (χ0v) is 14.6. The average Bonchev–Trinajstić information content (AvgIpc) is 2.97. The third kappa shape index (κ3) is 4.44. The van der Waals surface area contributed by atoms with Crippen LogP contribution in [0.2, 0.25) is 0 Å². The number of aryl methyl sites for hydroxylation is 4. The van der Waals surface area contributed by atoms with Gasteiger partial charge in [0.15, 0.2) is 0 Å². The molecule has 2 aromatic rings. The standard InChI is InChI=1S/C18H24N4O2/c1-5-6-14-9-15(22-21-14)18(24)19-10-16(23)20-17-12(3)7-11(2)8-13(17)4/h7-9H,5-6,10H2,1-4H3,(H,19,24)(H,20,23)(H,21,22). The summed E-state index contributed by atoms with van der Waals surface area (Å²) in [5, 5.41) is 12.2. The molecule has 2 rings (SSSR count). The van der Waals surface area contributed by atoms with Crippen molar-refractivity contribution in [3.05, 3.63) is 46.3 Å². The highest BCUT2D eigenvalue weighted by Crippen LogP contribution is 2.21. The van der Waals surface area contributed by atoms with Gasteiger partial charge in [-0.1, -0.05) is 31.0 Å². The molecule has 6 heteroatoms. The summed E-state index contributed by atoms with van der Waals surface area (Å²) in [6, 6.07) is 5.74. The van der Waals surface area contributed by atoms with Crippen molar-refractivity contribution < 1.29 is 9.59 Å². The summed E-state index contributed by atoms with van der Waals surface area (Å²) < 4.78 is 0. The number of carbonyl (C=O) groups excluding carboxylic acids is 2. The Morgan fingerprint density at radius 3 is 2.42 bits per heavy atom. The van der Waals surface area contributed by atoms with Crippen LogP contribution in [0.15, 0.2) is 18.2 Å². The van der Waals surface area contributed by atoms with Crippen LogP contribution in [-0.4, -0.2) is 28.6 Å². The lowest BCUT2D eigenvalue weighted by Gasteiger charge is -2.13. The topological polar surface area (TPSA) is 86.9 Å². The van der Waals surface area contributed by atoms with Gasteiger partial charge in [-0.25, -0.2) is 0 Å². The van der Waals surface area contributed by atoms with E-state index in [0.29, 0.717) is 5.69 Å². The van der Waals surface area contributed by atoms with Gasteiger partial charge in [0, 0.05) is 11.4 Å². The molecule has 6 nitrogen and oxygen atoms in total. The minimum absolute atomic E-state index is 0.0957. The number of H-pyrrole nitrogens is 1. The fourth-order valence-electron chi connectivity index (χ4n) is 2.69. The van der Waals surface area contributed by atoms with Crippen LogP contribution in [0.4, 0.5) is 5.69 Å². The maximum atomic E-state index is 12.1. The van der Waals surface area contributed by atoms with Crippen molar-refractivity contribution in [3.8, 4) is 0 Å². The minimum atomic E-state index is -0.360. The number of amides is 2. The second kappa shape index (κ2) is 7.77. The molecule has 0 bridgehead atoms. The van der Waals surface area contributed by atoms with Gasteiger partial charge in [0.25, 0.3) is 5.91 Å². The van der Waals surface area contributed by atoms with E-state index in [4.69, 9.17) is 0 Å². The Bertz CT molecular complexity index is 726. The number of hydrogen-bond acceptors (Lipinski definition) is 3. The van der Waals surface area contributed by atoms with Crippen LogP contribution in [0.1, 0.15) is 46.2 Å². The molecule has 0 aliphatic carbocycles. The quantitative estimate of drug-likeness (QED) is 0.762. The summed E-state index contributed by atoms with van der Waals surface area (Å²) in [5.41, 5.74) is 5.17. The van der Waals surface area contributed by atoms with Crippen LogP contribution < -0.4 is 10.6 Å². The molecule has 3 N–H and O–H groups in total. The van der Waals surface area contributed by atoms with Gasteiger partial charge in [-0.05, 0) is 44.4 Å². The predicted octanol–water partition coefficient (Wildman–Crippen LogP) is 2.66. The van der Waals surface area contributed by atoms with Crippen molar-refractivity contribution >= 4 is 17.5 Å². The van der Waals surface area contributed by atoms with Crippen LogP contribution in [0, 0.1) is 20.8 Å². The Balaban J connectivity index is 1.92. The third-order valence-corrected chi connectivity index (χ3v) is 3.73. The first-order valence-electron chi connectivity index (χ1n) is 8.11. The molecule has 0 radical (unpaired) electrons. The minimum Gasteiger partial charge on any atom is -0.342 e. The van der Waals surface area contributed by atoms with Gasteiger partial charge >= 0.3 is 0 Å². The molecule has 1 aromatic heterocycles. The first-order valence-corrected chi connectivity index (χ1v) is 8.11. The van der Waals surface area contributed by atoms with E-state index in [-0.39, 0.29) is 18.4 Å². The van der Waals surface area contributed by atoms with E-state index in [9.17, 15) is 9.59 Å². The molecule has 0 fully saturated rings. The highest BCUT2D eigenvalue weighted by Gasteiger charge is 2.13. The Morgan fingerprint density at radius 1 is 1.12 bits per heavy atom. The number of aromatic nitrogens is 2. The third-order valence-electron chi connectivity index (χ3n) is 3.73. The molecule has 0 atom stereocenters. The summed E-state index contributed by atoms with van der Waals surface area (Å²) in [6.07, 6.45) is 1.81. The van der Waals surface area contributed by atoms with Crippen molar-refractivity contribution in [2.24, 2.45) is 0 Å². The molecule has 0 spiro atoms. The Kier molecular flexibility index (Phi) is 5.73. The lowest BCUT2D eigenvalue weighted by Crippen LogP contribution is -2.33. The van der Waals surface area contributed by atoms with E-state index in [2.05, 4.69) is 27.8 Å². The number of nitrogens with one attached hydrogen (secondary N) is 3. The van der Waals surface area contributed by atoms with Crippen molar-refractivity contribution in [3.63, 3.8) is 0 Å². The molecule has 0 saturated heterocycles.